The minimum Gasteiger partial charge on any atom is -0.303 e. The fourth-order valence-electron chi connectivity index (χ4n) is 5.53. The minimum atomic E-state index is -0.544. The van der Waals surface area contributed by atoms with E-state index in [9.17, 15) is 19.2 Å². The van der Waals surface area contributed by atoms with Gasteiger partial charge in [-0.3, -0.25) is 19.4 Å². The molecule has 0 radical (unpaired) electrons. The molecule has 2 heterocycles. The van der Waals surface area contributed by atoms with Crippen LogP contribution in [0.1, 0.15) is 106 Å². The molecule has 0 aromatic heterocycles. The van der Waals surface area contributed by atoms with Gasteiger partial charge in [0.25, 0.3) is 11.8 Å². The van der Waals surface area contributed by atoms with Gasteiger partial charge in [-0.05, 0) is 94.2 Å². The fourth-order valence-corrected chi connectivity index (χ4v) is 5.53. The first-order valence-electron chi connectivity index (χ1n) is 14.5. The maximum atomic E-state index is 12.9. The van der Waals surface area contributed by atoms with Gasteiger partial charge in [-0.15, -0.1) is 0 Å². The van der Waals surface area contributed by atoms with E-state index in [1.165, 1.54) is 9.80 Å². The first kappa shape index (κ1) is 32.8. The highest BCUT2D eigenvalue weighted by Gasteiger charge is 2.54. The predicted molar refractivity (Wildman–Crippen MR) is 166 cm³/mol. The van der Waals surface area contributed by atoms with Gasteiger partial charge in [-0.2, -0.15) is 0 Å². The molecule has 8 nitrogen and oxygen atoms in total. The number of nitrogens with zero attached hydrogens (tertiary/aromatic N) is 4. The van der Waals surface area contributed by atoms with E-state index in [2.05, 4.69) is 0 Å². The second-order valence-corrected chi connectivity index (χ2v) is 15.0. The molecule has 228 valence electrons. The van der Waals surface area contributed by atoms with Crippen molar-refractivity contribution in [3.05, 3.63) is 71.8 Å². The Morgan fingerprint density at radius 3 is 0.905 bits per heavy atom. The molecule has 0 aliphatic carbocycles. The third kappa shape index (κ3) is 6.37. The Hall–Kier alpha value is -3.68. The van der Waals surface area contributed by atoms with E-state index in [-0.39, 0.29) is 23.9 Å². The molecule has 2 aliphatic heterocycles. The zero-order chi connectivity index (χ0) is 32.0. The van der Waals surface area contributed by atoms with Crippen LogP contribution in [0.2, 0.25) is 0 Å². The van der Waals surface area contributed by atoms with Crippen LogP contribution in [0.5, 0.6) is 0 Å². The van der Waals surface area contributed by atoms with E-state index in [0.29, 0.717) is 0 Å². The molecule has 2 aliphatic rings. The van der Waals surface area contributed by atoms with Crippen LogP contribution in [0, 0.1) is 0 Å². The number of carbonyl (C=O) groups is 4. The van der Waals surface area contributed by atoms with Gasteiger partial charge in [0.05, 0.1) is 0 Å². The van der Waals surface area contributed by atoms with Crippen molar-refractivity contribution < 1.29 is 19.2 Å². The molecule has 0 N–H and O–H groups in total. The highest BCUT2D eigenvalue weighted by atomic mass is 16.2. The average Bonchev–Trinajstić information content (AvgIpc) is 3.28. The summed E-state index contributed by atoms with van der Waals surface area (Å²) in [6, 6.07) is 17.5. The first-order valence-corrected chi connectivity index (χ1v) is 14.5. The number of urea groups is 2. The second-order valence-electron chi connectivity index (χ2n) is 15.0. The standard InChI is InChI=1S/2C17H24N2O2/c2*1-16(2,3)18-13(12-10-8-7-9-11-12)14(20)19(15(18)21)17(4,5)6/h2*7-11,13H,1-6H3/t2*13-/m11/s1. The number of benzene rings is 2. The largest absolute Gasteiger partial charge is 0.328 e. The van der Waals surface area contributed by atoms with E-state index in [1.807, 2.05) is 144 Å². The van der Waals surface area contributed by atoms with Gasteiger partial charge in [0.2, 0.25) is 0 Å². The summed E-state index contributed by atoms with van der Waals surface area (Å²) in [6.45, 7) is 23.1. The van der Waals surface area contributed by atoms with Crippen LogP contribution in [-0.2, 0) is 9.59 Å². The van der Waals surface area contributed by atoms with Gasteiger partial charge in [-0.25, -0.2) is 9.59 Å². The third-order valence-electron chi connectivity index (χ3n) is 7.24. The van der Waals surface area contributed by atoms with E-state index in [0.717, 1.165) is 11.1 Å². The summed E-state index contributed by atoms with van der Waals surface area (Å²) in [7, 11) is 0. The number of amides is 6. The molecule has 2 atom stereocenters. The molecule has 2 saturated heterocycles. The summed E-state index contributed by atoms with van der Waals surface area (Å²) < 4.78 is 0. The molecule has 4 rings (SSSR count). The lowest BCUT2D eigenvalue weighted by molar-refractivity contribution is -0.132. The Bertz CT molecular complexity index is 1210. The van der Waals surface area contributed by atoms with Crippen LogP contribution >= 0.6 is 0 Å². The second kappa shape index (κ2) is 11.2. The molecule has 0 unspecified atom stereocenters. The van der Waals surface area contributed by atoms with Crippen molar-refractivity contribution in [1.29, 1.82) is 0 Å². The molecule has 0 saturated carbocycles. The van der Waals surface area contributed by atoms with Gasteiger partial charge < -0.3 is 9.80 Å². The van der Waals surface area contributed by atoms with Crippen LogP contribution in [0.3, 0.4) is 0 Å². The fraction of sp³-hybridized carbons (Fsp3) is 0.529. The molecule has 0 bridgehead atoms. The highest BCUT2D eigenvalue weighted by Crippen LogP contribution is 2.40. The molecular weight excluding hydrogens is 528 g/mol. The quantitative estimate of drug-likeness (QED) is 0.355. The predicted octanol–water partition coefficient (Wildman–Crippen LogP) is 7.18. The SMILES string of the molecule is CC(C)(C)N1C(=O)[C@@H](c2ccccc2)N(C(C)(C)C)C1=O.CC(C)(C)N1C(=O)[C@@H](c2ccccc2)N(C(C)(C)C)C1=O. The summed E-state index contributed by atoms with van der Waals surface area (Å²) in [5, 5.41) is 0. The lowest BCUT2D eigenvalue weighted by atomic mass is 9.99. The van der Waals surface area contributed by atoms with Crippen molar-refractivity contribution >= 4 is 23.9 Å². The Balaban J connectivity index is 0.000000230. The van der Waals surface area contributed by atoms with Crippen LogP contribution < -0.4 is 0 Å². The maximum absolute atomic E-state index is 12.9. The summed E-state index contributed by atoms with van der Waals surface area (Å²) in [5.41, 5.74) is -0.182. The topological polar surface area (TPSA) is 81.2 Å². The Morgan fingerprint density at radius 2 is 0.690 bits per heavy atom. The number of rotatable bonds is 2. The molecule has 2 aromatic rings. The first-order chi connectivity index (χ1) is 19.1. The normalized spacial score (nSPS) is 20.4. The van der Waals surface area contributed by atoms with Crippen LogP contribution in [0.4, 0.5) is 9.59 Å². The lowest BCUT2D eigenvalue weighted by Gasteiger charge is -2.36. The van der Waals surface area contributed by atoms with Crippen molar-refractivity contribution in [1.82, 2.24) is 19.6 Å². The zero-order valence-corrected chi connectivity index (χ0v) is 27.4. The molecule has 2 fully saturated rings. The molecule has 6 amide bonds. The van der Waals surface area contributed by atoms with Crippen LogP contribution in [-0.4, -0.2) is 65.6 Å². The van der Waals surface area contributed by atoms with Gasteiger partial charge in [0.1, 0.15) is 12.1 Å². The Morgan fingerprint density at radius 1 is 0.429 bits per heavy atom. The van der Waals surface area contributed by atoms with Crippen molar-refractivity contribution in [3.63, 3.8) is 0 Å². The summed E-state index contributed by atoms with van der Waals surface area (Å²) in [5.74, 6) is -0.290. The van der Waals surface area contributed by atoms with E-state index < -0.39 is 34.2 Å². The average molecular weight is 577 g/mol. The summed E-state index contributed by atoms with van der Waals surface area (Å²) >= 11 is 0. The van der Waals surface area contributed by atoms with Crippen molar-refractivity contribution in [2.75, 3.05) is 0 Å². The maximum Gasteiger partial charge on any atom is 0.328 e. The van der Waals surface area contributed by atoms with Crippen LogP contribution in [0.25, 0.3) is 0 Å². The van der Waals surface area contributed by atoms with Gasteiger partial charge in [-0.1, -0.05) is 60.7 Å². The van der Waals surface area contributed by atoms with Crippen molar-refractivity contribution in [2.45, 2.75) is 117 Å². The zero-order valence-electron chi connectivity index (χ0n) is 27.4. The Kier molecular flexibility index (Phi) is 8.75. The molecular formula is C34H48N4O4. The van der Waals surface area contributed by atoms with Gasteiger partial charge >= 0.3 is 12.1 Å². The van der Waals surface area contributed by atoms with Gasteiger partial charge in [0, 0.05) is 22.2 Å². The Labute approximate surface area is 251 Å². The number of imide groups is 2. The molecule has 42 heavy (non-hydrogen) atoms. The van der Waals surface area contributed by atoms with E-state index in [1.54, 1.807) is 9.80 Å². The van der Waals surface area contributed by atoms with E-state index in [4.69, 9.17) is 0 Å². The molecule has 2 aromatic carbocycles. The minimum absolute atomic E-state index is 0.145. The van der Waals surface area contributed by atoms with E-state index >= 15 is 0 Å². The van der Waals surface area contributed by atoms with Crippen molar-refractivity contribution in [3.8, 4) is 0 Å². The third-order valence-corrected chi connectivity index (χ3v) is 7.24. The number of hydrogen-bond donors (Lipinski definition) is 0. The summed E-state index contributed by atoms with van der Waals surface area (Å²) in [4.78, 5) is 57.6. The lowest BCUT2D eigenvalue weighted by Crippen LogP contribution is -2.49. The number of carbonyl (C=O) groups excluding carboxylic acids is 4. The van der Waals surface area contributed by atoms with Crippen molar-refractivity contribution in [2.24, 2.45) is 0 Å². The monoisotopic (exact) mass is 576 g/mol. The molecule has 0 spiro atoms. The van der Waals surface area contributed by atoms with Crippen LogP contribution in [0.15, 0.2) is 60.7 Å². The smallest absolute Gasteiger partial charge is 0.303 e. The van der Waals surface area contributed by atoms with Gasteiger partial charge in [0.15, 0.2) is 0 Å². The highest BCUT2D eigenvalue weighted by molar-refractivity contribution is 6.06. The molecule has 8 heteroatoms. The summed E-state index contributed by atoms with van der Waals surface area (Å²) in [6.07, 6.45) is 0. The number of hydrogen-bond acceptors (Lipinski definition) is 4.